The standard InChI is InChI=1S/C18H23ClN4O4/c19-15-11-14(23(26)27)3-4-16(15)20-17(24)12-21-9-5-13(6-10-21)18(25)22-7-1-2-8-22/h3-4,11,13H,1-2,5-10,12H2,(H,20,24). The van der Waals surface area contributed by atoms with Crippen molar-refractivity contribution < 1.29 is 14.5 Å². The monoisotopic (exact) mass is 394 g/mol. The highest BCUT2D eigenvalue weighted by molar-refractivity contribution is 6.34. The number of rotatable bonds is 5. The van der Waals surface area contributed by atoms with Crippen molar-refractivity contribution in [3.05, 3.63) is 33.3 Å². The van der Waals surface area contributed by atoms with Crippen LogP contribution in [-0.2, 0) is 9.59 Å². The van der Waals surface area contributed by atoms with Gasteiger partial charge in [-0.3, -0.25) is 24.6 Å². The largest absolute Gasteiger partial charge is 0.342 e. The van der Waals surface area contributed by atoms with Gasteiger partial charge in [-0.25, -0.2) is 0 Å². The summed E-state index contributed by atoms with van der Waals surface area (Å²) >= 11 is 6.00. The highest BCUT2D eigenvalue weighted by Crippen LogP contribution is 2.27. The Labute approximate surface area is 162 Å². The maximum absolute atomic E-state index is 12.4. The molecule has 1 aromatic carbocycles. The fourth-order valence-electron chi connectivity index (χ4n) is 3.65. The third-order valence-corrected chi connectivity index (χ3v) is 5.47. The fraction of sp³-hybridized carbons (Fsp3) is 0.556. The molecule has 1 N–H and O–H groups in total. The van der Waals surface area contributed by atoms with Crippen molar-refractivity contribution in [2.24, 2.45) is 5.92 Å². The molecular weight excluding hydrogens is 372 g/mol. The number of piperidine rings is 1. The lowest BCUT2D eigenvalue weighted by atomic mass is 9.95. The van der Waals surface area contributed by atoms with Crippen LogP contribution in [0.4, 0.5) is 11.4 Å². The molecule has 0 aliphatic carbocycles. The molecule has 2 amide bonds. The van der Waals surface area contributed by atoms with Crippen molar-refractivity contribution in [2.75, 3.05) is 38.0 Å². The molecule has 0 spiro atoms. The molecule has 0 radical (unpaired) electrons. The van der Waals surface area contributed by atoms with Gasteiger partial charge in [-0.1, -0.05) is 11.6 Å². The summed E-state index contributed by atoms with van der Waals surface area (Å²) in [6, 6.07) is 3.95. The molecule has 3 rings (SSSR count). The van der Waals surface area contributed by atoms with E-state index < -0.39 is 4.92 Å². The number of carbonyl (C=O) groups is 2. The van der Waals surface area contributed by atoms with Crippen LogP contribution in [0.5, 0.6) is 0 Å². The first-order valence-corrected chi connectivity index (χ1v) is 9.57. The number of non-ortho nitro benzene ring substituents is 1. The molecule has 0 bridgehead atoms. The molecule has 2 aliphatic heterocycles. The van der Waals surface area contributed by atoms with E-state index in [2.05, 4.69) is 5.32 Å². The molecule has 2 saturated heterocycles. The maximum atomic E-state index is 12.4. The van der Waals surface area contributed by atoms with E-state index in [1.165, 1.54) is 18.2 Å². The van der Waals surface area contributed by atoms with Crippen LogP contribution in [-0.4, -0.2) is 59.3 Å². The first-order chi connectivity index (χ1) is 12.9. The van der Waals surface area contributed by atoms with Crippen LogP contribution < -0.4 is 5.32 Å². The molecule has 2 aliphatic rings. The van der Waals surface area contributed by atoms with Crippen LogP contribution in [0, 0.1) is 16.0 Å². The number of likely N-dealkylation sites (tertiary alicyclic amines) is 2. The zero-order valence-corrected chi connectivity index (χ0v) is 15.8. The molecule has 9 heteroatoms. The number of anilines is 1. The summed E-state index contributed by atoms with van der Waals surface area (Å²) in [4.78, 5) is 38.9. The second-order valence-electron chi connectivity index (χ2n) is 7.05. The van der Waals surface area contributed by atoms with Crippen molar-refractivity contribution in [1.29, 1.82) is 0 Å². The lowest BCUT2D eigenvalue weighted by molar-refractivity contribution is -0.384. The van der Waals surface area contributed by atoms with E-state index in [1.54, 1.807) is 0 Å². The number of nitro benzene ring substituents is 1. The molecule has 8 nitrogen and oxygen atoms in total. The zero-order valence-electron chi connectivity index (χ0n) is 15.0. The summed E-state index contributed by atoms with van der Waals surface area (Å²) in [7, 11) is 0. The Hall–Kier alpha value is -2.19. The zero-order chi connectivity index (χ0) is 19.4. The summed E-state index contributed by atoms with van der Waals surface area (Å²) in [5.41, 5.74) is 0.231. The summed E-state index contributed by atoms with van der Waals surface area (Å²) in [6.45, 7) is 3.35. The van der Waals surface area contributed by atoms with Crippen LogP contribution in [0.3, 0.4) is 0 Å². The number of hydrogen-bond acceptors (Lipinski definition) is 5. The molecule has 0 atom stereocenters. The first-order valence-electron chi connectivity index (χ1n) is 9.19. The minimum atomic E-state index is -0.537. The van der Waals surface area contributed by atoms with Crippen LogP contribution >= 0.6 is 11.6 Å². The molecule has 2 heterocycles. The number of halogens is 1. The lowest BCUT2D eigenvalue weighted by Crippen LogP contribution is -2.43. The smallest absolute Gasteiger partial charge is 0.271 e. The van der Waals surface area contributed by atoms with Gasteiger partial charge in [-0.05, 0) is 44.8 Å². The Morgan fingerprint density at radius 3 is 2.44 bits per heavy atom. The Balaban J connectivity index is 1.47. The summed E-state index contributed by atoms with van der Waals surface area (Å²) in [5, 5.41) is 13.6. The summed E-state index contributed by atoms with van der Waals surface area (Å²) in [5.74, 6) is 0.0934. The number of hydrogen-bond donors (Lipinski definition) is 1. The van der Waals surface area contributed by atoms with Gasteiger partial charge in [0, 0.05) is 31.1 Å². The van der Waals surface area contributed by atoms with Crippen LogP contribution in [0.25, 0.3) is 0 Å². The average molecular weight is 395 g/mol. The number of benzene rings is 1. The van der Waals surface area contributed by atoms with Crippen molar-refractivity contribution in [1.82, 2.24) is 9.80 Å². The maximum Gasteiger partial charge on any atom is 0.271 e. The normalized spacial score (nSPS) is 18.5. The van der Waals surface area contributed by atoms with Gasteiger partial charge in [0.2, 0.25) is 11.8 Å². The Morgan fingerprint density at radius 2 is 1.85 bits per heavy atom. The number of amides is 2. The van der Waals surface area contributed by atoms with Crippen molar-refractivity contribution in [2.45, 2.75) is 25.7 Å². The molecule has 146 valence electrons. The van der Waals surface area contributed by atoms with Crippen LogP contribution in [0.15, 0.2) is 18.2 Å². The Bertz CT molecular complexity index is 728. The van der Waals surface area contributed by atoms with Crippen molar-refractivity contribution in [3.63, 3.8) is 0 Å². The van der Waals surface area contributed by atoms with E-state index >= 15 is 0 Å². The highest BCUT2D eigenvalue weighted by atomic mass is 35.5. The first kappa shape index (κ1) is 19.6. The Kier molecular flexibility index (Phi) is 6.28. The summed E-state index contributed by atoms with van der Waals surface area (Å²) < 4.78 is 0. The minimum absolute atomic E-state index is 0.0616. The van der Waals surface area contributed by atoms with E-state index in [4.69, 9.17) is 11.6 Å². The Morgan fingerprint density at radius 1 is 1.19 bits per heavy atom. The van der Waals surface area contributed by atoms with E-state index in [-0.39, 0.29) is 35.0 Å². The van der Waals surface area contributed by atoms with Gasteiger partial charge < -0.3 is 10.2 Å². The highest BCUT2D eigenvalue weighted by Gasteiger charge is 2.30. The third kappa shape index (κ3) is 4.95. The number of nitro groups is 1. The van der Waals surface area contributed by atoms with Gasteiger partial charge in [0.25, 0.3) is 5.69 Å². The van der Waals surface area contributed by atoms with Gasteiger partial charge in [0.1, 0.15) is 0 Å². The third-order valence-electron chi connectivity index (χ3n) is 5.16. The topological polar surface area (TPSA) is 95.8 Å². The number of nitrogens with one attached hydrogen (secondary N) is 1. The molecule has 2 fully saturated rings. The number of carbonyl (C=O) groups excluding carboxylic acids is 2. The summed E-state index contributed by atoms with van der Waals surface area (Å²) in [6.07, 6.45) is 3.72. The van der Waals surface area contributed by atoms with Crippen LogP contribution in [0.1, 0.15) is 25.7 Å². The van der Waals surface area contributed by atoms with Gasteiger partial charge in [-0.2, -0.15) is 0 Å². The van der Waals surface area contributed by atoms with Crippen LogP contribution in [0.2, 0.25) is 5.02 Å². The minimum Gasteiger partial charge on any atom is -0.342 e. The van der Waals surface area contributed by atoms with Crippen molar-refractivity contribution in [3.8, 4) is 0 Å². The van der Waals surface area contributed by atoms with Gasteiger partial charge in [0.05, 0.1) is 22.2 Å². The molecule has 0 saturated carbocycles. The molecule has 1 aromatic rings. The molecule has 0 aromatic heterocycles. The molecule has 27 heavy (non-hydrogen) atoms. The van der Waals surface area contributed by atoms with E-state index in [0.29, 0.717) is 18.8 Å². The lowest BCUT2D eigenvalue weighted by Gasteiger charge is -2.32. The fourth-order valence-corrected chi connectivity index (χ4v) is 3.87. The van der Waals surface area contributed by atoms with E-state index in [0.717, 1.165) is 38.8 Å². The second kappa shape index (κ2) is 8.67. The SMILES string of the molecule is O=C(CN1CCC(C(=O)N2CCCC2)CC1)Nc1ccc([N+](=O)[O-])cc1Cl. The molecular formula is C18H23ClN4O4. The van der Waals surface area contributed by atoms with Gasteiger partial charge >= 0.3 is 0 Å². The van der Waals surface area contributed by atoms with Crippen molar-refractivity contribution >= 4 is 34.8 Å². The predicted octanol–water partition coefficient (Wildman–Crippen LogP) is 2.52. The second-order valence-corrected chi connectivity index (χ2v) is 7.46. The molecule has 0 unspecified atom stereocenters. The predicted molar refractivity (Wildman–Crippen MR) is 102 cm³/mol. The van der Waals surface area contributed by atoms with E-state index in [9.17, 15) is 19.7 Å². The van der Waals surface area contributed by atoms with E-state index in [1.807, 2.05) is 9.80 Å². The number of nitrogens with zero attached hydrogens (tertiary/aromatic N) is 3. The quantitative estimate of drug-likeness (QED) is 0.611. The van der Waals surface area contributed by atoms with Gasteiger partial charge in [0.15, 0.2) is 0 Å². The average Bonchev–Trinajstić information content (AvgIpc) is 3.18. The van der Waals surface area contributed by atoms with Gasteiger partial charge in [-0.15, -0.1) is 0 Å².